The molecule has 2 aromatic heterocycles. The minimum absolute atomic E-state index is 0.0746. The fourth-order valence-electron chi connectivity index (χ4n) is 3.95. The summed E-state index contributed by atoms with van der Waals surface area (Å²) in [6, 6.07) is 0. The molecular weight excluding hydrogens is 362 g/mol. The molecule has 1 atom stereocenters. The number of nitrogens with zero attached hydrogens (tertiary/aromatic N) is 2. The van der Waals surface area contributed by atoms with Crippen LogP contribution in [0.5, 0.6) is 0 Å². The molecule has 0 bridgehead atoms. The van der Waals surface area contributed by atoms with Gasteiger partial charge in [0.15, 0.2) is 0 Å². The number of aromatic nitrogens is 1. The number of rotatable bonds is 6. The van der Waals surface area contributed by atoms with E-state index in [1.165, 1.54) is 16.0 Å². The molecule has 0 saturated carbocycles. The molecule has 2 aliphatic rings. The highest BCUT2D eigenvalue weighted by atomic mass is 32.1. The topological polar surface area (TPSA) is 67.6 Å². The van der Waals surface area contributed by atoms with Crippen molar-refractivity contribution >= 4 is 17.2 Å². The zero-order valence-corrected chi connectivity index (χ0v) is 16.9. The molecule has 6 nitrogen and oxygen atoms in total. The van der Waals surface area contributed by atoms with Crippen molar-refractivity contribution in [3.8, 4) is 0 Å². The van der Waals surface area contributed by atoms with Crippen molar-refractivity contribution in [2.75, 3.05) is 26.3 Å². The van der Waals surface area contributed by atoms with E-state index in [-0.39, 0.29) is 5.91 Å². The summed E-state index contributed by atoms with van der Waals surface area (Å²) in [6.45, 7) is 9.08. The van der Waals surface area contributed by atoms with Gasteiger partial charge in [-0.25, -0.2) is 0 Å². The molecule has 4 heterocycles. The van der Waals surface area contributed by atoms with Crippen LogP contribution < -0.4 is 5.32 Å². The largest absolute Gasteiger partial charge is 0.381 e. The Morgan fingerprint density at radius 2 is 2.33 bits per heavy atom. The van der Waals surface area contributed by atoms with Gasteiger partial charge in [0, 0.05) is 55.2 Å². The van der Waals surface area contributed by atoms with Crippen LogP contribution in [0.2, 0.25) is 0 Å². The molecule has 0 spiro atoms. The van der Waals surface area contributed by atoms with Crippen molar-refractivity contribution in [1.82, 2.24) is 15.4 Å². The Morgan fingerprint density at radius 3 is 3.07 bits per heavy atom. The van der Waals surface area contributed by atoms with E-state index in [0.717, 1.165) is 75.7 Å². The lowest BCUT2D eigenvalue weighted by atomic mass is 10.0. The Bertz CT molecular complexity index is 788. The number of aryl methyl sites for hydroxylation is 2. The summed E-state index contributed by atoms with van der Waals surface area (Å²) in [7, 11) is 0. The second-order valence-electron chi connectivity index (χ2n) is 7.59. The van der Waals surface area contributed by atoms with Gasteiger partial charge in [0.2, 0.25) is 0 Å². The monoisotopic (exact) mass is 389 g/mol. The van der Waals surface area contributed by atoms with Gasteiger partial charge in [-0.15, -0.1) is 11.3 Å². The maximum Gasteiger partial charge on any atom is 0.252 e. The fraction of sp³-hybridized carbons (Fsp3) is 0.600. The molecule has 27 heavy (non-hydrogen) atoms. The molecule has 7 heteroatoms. The third-order valence-electron chi connectivity index (χ3n) is 5.70. The van der Waals surface area contributed by atoms with Gasteiger partial charge >= 0.3 is 0 Å². The molecule has 146 valence electrons. The molecule has 1 fully saturated rings. The van der Waals surface area contributed by atoms with Crippen molar-refractivity contribution in [3.05, 3.63) is 38.4 Å². The molecule has 1 amide bonds. The standard InChI is InChI=1S/C20H27N3O3S/c1-13-17(14(2)26-22-13)9-23-7-4-16-18(12-27-19(16)10-23)20(24)21-6-3-15-5-8-25-11-15/h12,15H,3-11H2,1-2H3,(H,21,24). The van der Waals surface area contributed by atoms with Crippen molar-refractivity contribution < 1.29 is 14.1 Å². The summed E-state index contributed by atoms with van der Waals surface area (Å²) in [4.78, 5) is 16.3. The maximum absolute atomic E-state index is 12.6. The fourth-order valence-corrected chi connectivity index (χ4v) is 5.07. The number of ether oxygens (including phenoxy) is 1. The van der Waals surface area contributed by atoms with Crippen LogP contribution in [-0.2, 0) is 24.2 Å². The van der Waals surface area contributed by atoms with Crippen LogP contribution in [0.3, 0.4) is 0 Å². The zero-order valence-electron chi connectivity index (χ0n) is 16.0. The van der Waals surface area contributed by atoms with Crippen molar-refractivity contribution in [1.29, 1.82) is 0 Å². The lowest BCUT2D eigenvalue weighted by molar-refractivity contribution is 0.0949. The van der Waals surface area contributed by atoms with Crippen LogP contribution in [0.4, 0.5) is 0 Å². The van der Waals surface area contributed by atoms with E-state index in [2.05, 4.69) is 15.4 Å². The van der Waals surface area contributed by atoms with E-state index in [1.807, 2.05) is 19.2 Å². The first-order chi connectivity index (χ1) is 13.1. The number of amides is 1. The van der Waals surface area contributed by atoms with Gasteiger partial charge < -0.3 is 14.6 Å². The summed E-state index contributed by atoms with van der Waals surface area (Å²) >= 11 is 1.70. The van der Waals surface area contributed by atoms with Crippen LogP contribution >= 0.6 is 11.3 Å². The highest BCUT2D eigenvalue weighted by Crippen LogP contribution is 2.30. The van der Waals surface area contributed by atoms with Crippen LogP contribution in [0.1, 0.15) is 50.7 Å². The summed E-state index contributed by atoms with van der Waals surface area (Å²) in [5.74, 6) is 1.57. The van der Waals surface area contributed by atoms with E-state index >= 15 is 0 Å². The van der Waals surface area contributed by atoms with Crippen molar-refractivity contribution in [2.45, 2.75) is 46.2 Å². The third kappa shape index (κ3) is 4.10. The smallest absolute Gasteiger partial charge is 0.252 e. The van der Waals surface area contributed by atoms with Gasteiger partial charge in [0.25, 0.3) is 5.91 Å². The van der Waals surface area contributed by atoms with Crippen molar-refractivity contribution in [2.24, 2.45) is 5.92 Å². The lowest BCUT2D eigenvalue weighted by Gasteiger charge is -2.27. The Labute approximate surface area is 163 Å². The molecule has 4 rings (SSSR count). The van der Waals surface area contributed by atoms with Gasteiger partial charge in [-0.05, 0) is 44.6 Å². The second kappa shape index (κ2) is 8.12. The van der Waals surface area contributed by atoms with E-state index < -0.39 is 0 Å². The number of hydrogen-bond donors (Lipinski definition) is 1. The highest BCUT2D eigenvalue weighted by molar-refractivity contribution is 7.10. The number of fused-ring (bicyclic) bond motifs is 1. The molecule has 2 aromatic rings. The third-order valence-corrected chi connectivity index (χ3v) is 6.71. The predicted octanol–water partition coefficient (Wildman–Crippen LogP) is 3.07. The predicted molar refractivity (Wildman–Crippen MR) is 104 cm³/mol. The van der Waals surface area contributed by atoms with Gasteiger partial charge in [-0.1, -0.05) is 5.16 Å². The molecule has 0 radical (unpaired) electrons. The highest BCUT2D eigenvalue weighted by Gasteiger charge is 2.25. The van der Waals surface area contributed by atoms with Gasteiger partial charge in [-0.2, -0.15) is 0 Å². The lowest BCUT2D eigenvalue weighted by Crippen LogP contribution is -2.31. The van der Waals surface area contributed by atoms with E-state index in [4.69, 9.17) is 9.26 Å². The normalized spacial score (nSPS) is 20.0. The maximum atomic E-state index is 12.6. The number of nitrogens with one attached hydrogen (secondary N) is 1. The minimum Gasteiger partial charge on any atom is -0.381 e. The first-order valence-corrected chi connectivity index (χ1v) is 10.6. The second-order valence-corrected chi connectivity index (χ2v) is 8.55. The van der Waals surface area contributed by atoms with Crippen LogP contribution in [0.25, 0.3) is 0 Å². The van der Waals surface area contributed by atoms with Gasteiger partial charge in [0.05, 0.1) is 11.3 Å². The van der Waals surface area contributed by atoms with Gasteiger partial charge in [0.1, 0.15) is 5.76 Å². The molecule has 1 saturated heterocycles. The number of carbonyl (C=O) groups excluding carboxylic acids is 1. The average Bonchev–Trinajstić information content (AvgIpc) is 3.38. The Kier molecular flexibility index (Phi) is 5.61. The van der Waals surface area contributed by atoms with E-state index in [1.54, 1.807) is 11.3 Å². The first kappa shape index (κ1) is 18.7. The van der Waals surface area contributed by atoms with E-state index in [9.17, 15) is 4.79 Å². The number of thiophene rings is 1. The Morgan fingerprint density at radius 1 is 1.44 bits per heavy atom. The Balaban J connectivity index is 1.34. The summed E-state index contributed by atoms with van der Waals surface area (Å²) < 4.78 is 10.7. The molecular formula is C20H27N3O3S. The quantitative estimate of drug-likeness (QED) is 0.822. The summed E-state index contributed by atoms with van der Waals surface area (Å²) in [5.41, 5.74) is 4.26. The average molecular weight is 390 g/mol. The SMILES string of the molecule is Cc1noc(C)c1CN1CCc2c(C(=O)NCCC3CCOC3)csc2C1. The van der Waals surface area contributed by atoms with Crippen molar-refractivity contribution in [3.63, 3.8) is 0 Å². The molecule has 1 N–H and O–H groups in total. The summed E-state index contributed by atoms with van der Waals surface area (Å²) in [6.07, 6.45) is 3.04. The van der Waals surface area contributed by atoms with E-state index in [0.29, 0.717) is 5.92 Å². The van der Waals surface area contributed by atoms with Crippen LogP contribution in [-0.4, -0.2) is 42.3 Å². The summed E-state index contributed by atoms with van der Waals surface area (Å²) in [5, 5.41) is 9.18. The molecule has 1 unspecified atom stereocenters. The first-order valence-electron chi connectivity index (χ1n) is 9.71. The van der Waals surface area contributed by atoms with Gasteiger partial charge in [-0.3, -0.25) is 9.69 Å². The van der Waals surface area contributed by atoms with Crippen LogP contribution in [0.15, 0.2) is 9.90 Å². The number of carbonyl (C=O) groups is 1. The molecule has 0 aliphatic carbocycles. The molecule has 0 aromatic carbocycles. The Hall–Kier alpha value is -1.70. The minimum atomic E-state index is 0.0746. The van der Waals surface area contributed by atoms with Crippen LogP contribution in [0, 0.1) is 19.8 Å². The zero-order chi connectivity index (χ0) is 18.8. The number of hydrogen-bond acceptors (Lipinski definition) is 6. The molecule has 2 aliphatic heterocycles.